The van der Waals surface area contributed by atoms with Crippen LogP contribution >= 0.6 is 0 Å². The molecule has 1 heterocycles. The molecule has 8 nitrogen and oxygen atoms in total. The summed E-state index contributed by atoms with van der Waals surface area (Å²) in [5, 5.41) is 5.31. The van der Waals surface area contributed by atoms with E-state index in [1.165, 1.54) is 6.92 Å². The van der Waals surface area contributed by atoms with Crippen molar-refractivity contribution in [3.05, 3.63) is 24.3 Å². The smallest absolute Gasteiger partial charge is 0.240 e. The van der Waals surface area contributed by atoms with Gasteiger partial charge in [0.2, 0.25) is 21.8 Å². The zero-order chi connectivity index (χ0) is 18.4. The standard InChI is InChI=1S/C16H23N3O5S/c1-12(20)18-13-5-7-14(8-6-13)19(25(2,22)23)11-16(21)17-10-15-4-3-9-24-15/h5-8,15H,3-4,9-11H2,1-2H3,(H,17,21)(H,18,20). The average molecular weight is 369 g/mol. The second-order valence-corrected chi connectivity index (χ2v) is 7.84. The molecule has 1 fully saturated rings. The van der Waals surface area contributed by atoms with Gasteiger partial charge in [0.1, 0.15) is 6.54 Å². The Kier molecular flexibility index (Phi) is 6.38. The first kappa shape index (κ1) is 19.2. The average Bonchev–Trinajstić information content (AvgIpc) is 3.03. The molecular weight excluding hydrogens is 346 g/mol. The Balaban J connectivity index is 2.03. The molecule has 138 valence electrons. The number of hydrogen-bond donors (Lipinski definition) is 2. The molecule has 1 saturated heterocycles. The quantitative estimate of drug-likeness (QED) is 0.736. The molecule has 0 aliphatic carbocycles. The summed E-state index contributed by atoms with van der Waals surface area (Å²) in [6.45, 7) is 2.13. The zero-order valence-corrected chi connectivity index (χ0v) is 15.1. The Bertz CT molecular complexity index is 712. The molecule has 1 aromatic carbocycles. The van der Waals surface area contributed by atoms with Gasteiger partial charge in [-0.25, -0.2) is 8.42 Å². The molecule has 0 spiro atoms. The van der Waals surface area contributed by atoms with E-state index in [2.05, 4.69) is 10.6 Å². The summed E-state index contributed by atoms with van der Waals surface area (Å²) in [7, 11) is -3.63. The summed E-state index contributed by atoms with van der Waals surface area (Å²) < 4.78 is 30.5. The first-order valence-corrected chi connectivity index (χ1v) is 9.84. The van der Waals surface area contributed by atoms with E-state index in [9.17, 15) is 18.0 Å². The lowest BCUT2D eigenvalue weighted by Gasteiger charge is -2.22. The molecule has 1 atom stereocenters. The number of amides is 2. The summed E-state index contributed by atoms with van der Waals surface area (Å²) >= 11 is 0. The second kappa shape index (κ2) is 8.30. The highest BCUT2D eigenvalue weighted by Crippen LogP contribution is 2.20. The van der Waals surface area contributed by atoms with Crippen molar-refractivity contribution < 1.29 is 22.7 Å². The van der Waals surface area contributed by atoms with Crippen molar-refractivity contribution >= 4 is 33.2 Å². The van der Waals surface area contributed by atoms with Gasteiger partial charge in [0.05, 0.1) is 18.0 Å². The fraction of sp³-hybridized carbons (Fsp3) is 0.500. The van der Waals surface area contributed by atoms with Gasteiger partial charge in [-0.05, 0) is 37.1 Å². The van der Waals surface area contributed by atoms with Crippen LogP contribution in [-0.4, -0.2) is 52.3 Å². The number of sulfonamides is 1. The molecule has 1 aliphatic heterocycles. The third kappa shape index (κ3) is 6.02. The number of carbonyl (C=O) groups excluding carboxylic acids is 2. The molecule has 9 heteroatoms. The van der Waals surface area contributed by atoms with Crippen molar-refractivity contribution in [3.8, 4) is 0 Å². The maximum absolute atomic E-state index is 12.1. The van der Waals surface area contributed by atoms with Gasteiger partial charge in [-0.2, -0.15) is 0 Å². The second-order valence-electron chi connectivity index (χ2n) is 5.94. The lowest BCUT2D eigenvalue weighted by Crippen LogP contribution is -2.42. The van der Waals surface area contributed by atoms with Crippen molar-refractivity contribution in [2.75, 3.05) is 35.6 Å². The van der Waals surface area contributed by atoms with Crippen molar-refractivity contribution in [1.82, 2.24) is 5.32 Å². The van der Waals surface area contributed by atoms with E-state index in [0.29, 0.717) is 24.5 Å². The first-order chi connectivity index (χ1) is 11.8. The van der Waals surface area contributed by atoms with Gasteiger partial charge in [0.25, 0.3) is 0 Å². The van der Waals surface area contributed by atoms with Crippen LogP contribution in [0.1, 0.15) is 19.8 Å². The summed E-state index contributed by atoms with van der Waals surface area (Å²) in [6, 6.07) is 6.25. The fourth-order valence-electron chi connectivity index (χ4n) is 2.53. The van der Waals surface area contributed by atoms with Crippen LogP contribution in [0.2, 0.25) is 0 Å². The molecule has 2 amide bonds. The van der Waals surface area contributed by atoms with Gasteiger partial charge in [0, 0.05) is 25.8 Å². The van der Waals surface area contributed by atoms with E-state index in [4.69, 9.17) is 4.74 Å². The third-order valence-electron chi connectivity index (χ3n) is 3.71. The van der Waals surface area contributed by atoms with Crippen LogP contribution in [-0.2, 0) is 24.3 Å². The molecule has 1 unspecified atom stereocenters. The molecule has 1 aromatic rings. The SMILES string of the molecule is CC(=O)Nc1ccc(N(CC(=O)NCC2CCCO2)S(C)(=O)=O)cc1. The fourth-order valence-corrected chi connectivity index (χ4v) is 3.39. The molecule has 0 aromatic heterocycles. The molecule has 0 radical (unpaired) electrons. The molecule has 2 N–H and O–H groups in total. The van der Waals surface area contributed by atoms with Gasteiger partial charge >= 0.3 is 0 Å². The third-order valence-corrected chi connectivity index (χ3v) is 4.85. The molecule has 0 bridgehead atoms. The van der Waals surface area contributed by atoms with Gasteiger partial charge < -0.3 is 15.4 Å². The highest BCUT2D eigenvalue weighted by atomic mass is 32.2. The van der Waals surface area contributed by atoms with Crippen LogP contribution in [0.5, 0.6) is 0 Å². The molecule has 2 rings (SSSR count). The van der Waals surface area contributed by atoms with E-state index in [1.807, 2.05) is 0 Å². The number of anilines is 2. The number of benzene rings is 1. The van der Waals surface area contributed by atoms with Gasteiger partial charge in [0.15, 0.2) is 0 Å². The summed E-state index contributed by atoms with van der Waals surface area (Å²) in [6.07, 6.45) is 2.90. The minimum Gasteiger partial charge on any atom is -0.376 e. The highest BCUT2D eigenvalue weighted by Gasteiger charge is 2.22. The summed E-state index contributed by atoms with van der Waals surface area (Å²) in [5.74, 6) is -0.618. The van der Waals surface area contributed by atoms with Crippen molar-refractivity contribution in [3.63, 3.8) is 0 Å². The van der Waals surface area contributed by atoms with Crippen LogP contribution in [0.3, 0.4) is 0 Å². The Morgan fingerprint density at radius 1 is 1.28 bits per heavy atom. The van der Waals surface area contributed by atoms with Crippen molar-refractivity contribution in [2.24, 2.45) is 0 Å². The Morgan fingerprint density at radius 2 is 1.96 bits per heavy atom. The van der Waals surface area contributed by atoms with Crippen LogP contribution in [0.25, 0.3) is 0 Å². The topological polar surface area (TPSA) is 105 Å². The van der Waals surface area contributed by atoms with Gasteiger partial charge in [-0.15, -0.1) is 0 Å². The number of carbonyl (C=O) groups is 2. The predicted molar refractivity (Wildman–Crippen MR) is 94.9 cm³/mol. The monoisotopic (exact) mass is 369 g/mol. The summed E-state index contributed by atoms with van der Waals surface area (Å²) in [4.78, 5) is 23.1. The van der Waals surface area contributed by atoms with Crippen molar-refractivity contribution in [2.45, 2.75) is 25.9 Å². The van der Waals surface area contributed by atoms with Crippen LogP contribution in [0, 0.1) is 0 Å². The Hall–Kier alpha value is -2.13. The maximum atomic E-state index is 12.1. The number of ether oxygens (including phenoxy) is 1. The van der Waals surface area contributed by atoms with E-state index >= 15 is 0 Å². The summed E-state index contributed by atoms with van der Waals surface area (Å²) in [5.41, 5.74) is 0.899. The van der Waals surface area contributed by atoms with E-state index < -0.39 is 15.9 Å². The minimum absolute atomic E-state index is 0.00688. The molecule has 1 aliphatic rings. The van der Waals surface area contributed by atoms with Gasteiger partial charge in [-0.3, -0.25) is 13.9 Å². The lowest BCUT2D eigenvalue weighted by molar-refractivity contribution is -0.120. The Morgan fingerprint density at radius 3 is 2.48 bits per heavy atom. The van der Waals surface area contributed by atoms with Crippen molar-refractivity contribution in [1.29, 1.82) is 0 Å². The number of nitrogens with zero attached hydrogens (tertiary/aromatic N) is 1. The first-order valence-electron chi connectivity index (χ1n) is 7.99. The molecular formula is C16H23N3O5S. The van der Waals surface area contributed by atoms with Crippen LogP contribution in [0.15, 0.2) is 24.3 Å². The van der Waals surface area contributed by atoms with Gasteiger partial charge in [-0.1, -0.05) is 0 Å². The van der Waals surface area contributed by atoms with E-state index in [-0.39, 0.29) is 18.6 Å². The van der Waals surface area contributed by atoms with Crippen LogP contribution in [0.4, 0.5) is 11.4 Å². The Labute approximate surface area is 147 Å². The minimum atomic E-state index is -3.63. The predicted octanol–water partition coefficient (Wildman–Crippen LogP) is 0.706. The number of rotatable bonds is 7. The molecule has 25 heavy (non-hydrogen) atoms. The normalized spacial score (nSPS) is 17.1. The van der Waals surface area contributed by atoms with E-state index in [0.717, 1.165) is 23.4 Å². The number of nitrogens with one attached hydrogen (secondary N) is 2. The largest absolute Gasteiger partial charge is 0.376 e. The highest BCUT2D eigenvalue weighted by molar-refractivity contribution is 7.92. The zero-order valence-electron chi connectivity index (χ0n) is 14.3. The number of hydrogen-bond acceptors (Lipinski definition) is 5. The van der Waals surface area contributed by atoms with Crippen LogP contribution < -0.4 is 14.9 Å². The maximum Gasteiger partial charge on any atom is 0.240 e. The lowest BCUT2D eigenvalue weighted by atomic mass is 10.2. The van der Waals surface area contributed by atoms with E-state index in [1.54, 1.807) is 24.3 Å². The molecule has 0 saturated carbocycles.